The number of nitrogens with one attached hydrogen (secondary N) is 2. The van der Waals surface area contributed by atoms with Gasteiger partial charge in [0.2, 0.25) is 10.0 Å². The zero-order valence-corrected chi connectivity index (χ0v) is 20.0. The van der Waals surface area contributed by atoms with Crippen molar-refractivity contribution in [3.63, 3.8) is 0 Å². The second kappa shape index (κ2) is 8.65. The van der Waals surface area contributed by atoms with Gasteiger partial charge in [0, 0.05) is 25.2 Å². The summed E-state index contributed by atoms with van der Waals surface area (Å²) in [7, 11) is -2.11. The van der Waals surface area contributed by atoms with Crippen molar-refractivity contribution >= 4 is 27.9 Å². The Kier molecular flexibility index (Phi) is 5.76. The molecule has 1 atom stereocenters. The molecule has 3 aliphatic rings. The van der Waals surface area contributed by atoms with Gasteiger partial charge in [0.15, 0.2) is 0 Å². The van der Waals surface area contributed by atoms with Gasteiger partial charge in [-0.15, -0.1) is 0 Å². The molecule has 2 aromatic carbocycles. The first-order valence-electron chi connectivity index (χ1n) is 11.4. The van der Waals surface area contributed by atoms with Gasteiger partial charge in [0.25, 0.3) is 11.8 Å². The highest BCUT2D eigenvalue weighted by Gasteiger charge is 2.54. The molecular formula is C24H26N4O6S. The number of urea groups is 1. The van der Waals surface area contributed by atoms with Crippen molar-refractivity contribution < 1.29 is 27.5 Å². The van der Waals surface area contributed by atoms with E-state index >= 15 is 0 Å². The Morgan fingerprint density at radius 1 is 1.06 bits per heavy atom. The van der Waals surface area contributed by atoms with Gasteiger partial charge in [-0.25, -0.2) is 13.2 Å². The maximum absolute atomic E-state index is 13.1. The summed E-state index contributed by atoms with van der Waals surface area (Å²) in [5.41, 5.74) is -0.00552. The zero-order chi connectivity index (χ0) is 24.8. The van der Waals surface area contributed by atoms with Crippen LogP contribution in [0.1, 0.15) is 28.8 Å². The molecule has 5 rings (SSSR count). The highest BCUT2D eigenvalue weighted by atomic mass is 32.2. The molecule has 4 amide bonds. The topological polar surface area (TPSA) is 125 Å². The molecule has 0 aromatic heterocycles. The van der Waals surface area contributed by atoms with Gasteiger partial charge in [-0.05, 0) is 54.7 Å². The number of fused-ring (bicyclic) bond motifs is 1. The van der Waals surface area contributed by atoms with Gasteiger partial charge < -0.3 is 15.0 Å². The largest absolute Gasteiger partial charge is 0.497 e. The van der Waals surface area contributed by atoms with Crippen LogP contribution in [-0.2, 0) is 21.4 Å². The summed E-state index contributed by atoms with van der Waals surface area (Å²) in [6.45, 7) is 0.699. The minimum absolute atomic E-state index is 0.00347. The summed E-state index contributed by atoms with van der Waals surface area (Å²) in [6, 6.07) is 12.8. The van der Waals surface area contributed by atoms with Crippen molar-refractivity contribution in [3.05, 3.63) is 59.7 Å². The Labute approximate surface area is 203 Å². The zero-order valence-electron chi connectivity index (χ0n) is 19.2. The Bertz CT molecular complexity index is 1290. The Balaban J connectivity index is 1.36. The summed E-state index contributed by atoms with van der Waals surface area (Å²) in [4.78, 5) is 40.2. The average Bonchev–Trinajstić information content (AvgIpc) is 3.34. The Morgan fingerprint density at radius 2 is 1.77 bits per heavy atom. The van der Waals surface area contributed by atoms with E-state index in [9.17, 15) is 22.8 Å². The first-order valence-corrected chi connectivity index (χ1v) is 12.8. The van der Waals surface area contributed by atoms with Gasteiger partial charge >= 0.3 is 6.03 Å². The van der Waals surface area contributed by atoms with E-state index in [-0.39, 0.29) is 42.9 Å². The third kappa shape index (κ3) is 3.94. The van der Waals surface area contributed by atoms with Crippen molar-refractivity contribution in [1.82, 2.24) is 19.8 Å². The second-order valence-electron chi connectivity index (χ2n) is 9.06. The third-order valence-corrected chi connectivity index (χ3v) is 9.05. The maximum Gasteiger partial charge on any atom is 0.322 e. The minimum atomic E-state index is -3.66. The summed E-state index contributed by atoms with van der Waals surface area (Å²) in [5.74, 6) is -0.428. The van der Waals surface area contributed by atoms with Gasteiger partial charge in [0.1, 0.15) is 11.3 Å². The quantitative estimate of drug-likeness (QED) is 0.579. The fourth-order valence-corrected chi connectivity index (χ4v) is 6.77. The number of carbonyl (C=O) groups is 3. The lowest BCUT2D eigenvalue weighted by molar-refractivity contribution is -0.127. The van der Waals surface area contributed by atoms with Gasteiger partial charge in [-0.1, -0.05) is 18.2 Å². The van der Waals surface area contributed by atoms with Gasteiger partial charge in [-0.2, -0.15) is 4.31 Å². The number of hydrogen-bond acceptors (Lipinski definition) is 6. The van der Waals surface area contributed by atoms with E-state index in [1.54, 1.807) is 60.5 Å². The first kappa shape index (κ1) is 23.3. The highest BCUT2D eigenvalue weighted by Crippen LogP contribution is 2.36. The predicted molar refractivity (Wildman–Crippen MR) is 125 cm³/mol. The summed E-state index contributed by atoms with van der Waals surface area (Å²) in [6.07, 6.45) is 0.727. The summed E-state index contributed by atoms with van der Waals surface area (Å²) in [5, 5.41) is 5.10. The van der Waals surface area contributed by atoms with Gasteiger partial charge in [0.05, 0.1) is 18.6 Å². The lowest BCUT2D eigenvalue weighted by Crippen LogP contribution is -2.62. The van der Waals surface area contributed by atoms with E-state index in [0.29, 0.717) is 24.2 Å². The fourth-order valence-electron chi connectivity index (χ4n) is 5.28. The van der Waals surface area contributed by atoms with Gasteiger partial charge in [-0.3, -0.25) is 14.9 Å². The van der Waals surface area contributed by atoms with Crippen molar-refractivity contribution in [1.29, 1.82) is 0 Å². The molecule has 0 radical (unpaired) electrons. The van der Waals surface area contributed by atoms with E-state index in [0.717, 1.165) is 5.56 Å². The van der Waals surface area contributed by atoms with E-state index in [1.807, 2.05) is 0 Å². The number of benzene rings is 2. The van der Waals surface area contributed by atoms with Crippen LogP contribution in [0.4, 0.5) is 4.79 Å². The second-order valence-corrected chi connectivity index (χ2v) is 11.0. The SMILES string of the molecule is COc1ccc2c(c1)CN(CC1(C3CCN(S(=O)(=O)c4ccccc4)CC3)NC(=O)NC1=O)C2=O. The van der Waals surface area contributed by atoms with Crippen LogP contribution in [0, 0.1) is 5.92 Å². The molecule has 0 saturated carbocycles. The fraction of sp³-hybridized carbons (Fsp3) is 0.375. The number of methoxy groups -OCH3 is 1. The molecule has 10 nitrogen and oxygen atoms in total. The van der Waals surface area contributed by atoms with Crippen molar-refractivity contribution in [2.75, 3.05) is 26.7 Å². The van der Waals surface area contributed by atoms with Crippen molar-refractivity contribution in [2.24, 2.45) is 5.92 Å². The molecule has 0 bridgehead atoms. The number of rotatable bonds is 6. The standard InChI is InChI=1S/C24H26N4O6S/c1-34-18-7-8-20-16(13-18)14-27(21(20)29)15-24(22(30)25-23(31)26-24)17-9-11-28(12-10-17)35(32,33)19-5-3-2-4-6-19/h2-8,13,17H,9-12,14-15H2,1H3,(H2,25,26,30,31). The van der Waals surface area contributed by atoms with Crippen LogP contribution in [0.2, 0.25) is 0 Å². The smallest absolute Gasteiger partial charge is 0.322 e. The van der Waals surface area contributed by atoms with Crippen LogP contribution in [-0.4, -0.2) is 67.8 Å². The third-order valence-electron chi connectivity index (χ3n) is 7.13. The molecule has 2 aromatic rings. The number of hydrogen-bond donors (Lipinski definition) is 2. The highest BCUT2D eigenvalue weighted by molar-refractivity contribution is 7.89. The molecule has 2 fully saturated rings. The van der Waals surface area contributed by atoms with Crippen molar-refractivity contribution in [2.45, 2.75) is 29.8 Å². The molecule has 11 heteroatoms. The Morgan fingerprint density at radius 3 is 2.40 bits per heavy atom. The van der Waals surface area contributed by atoms with E-state index in [1.165, 1.54) is 4.31 Å². The number of imide groups is 1. The van der Waals surface area contributed by atoms with Crippen LogP contribution in [0.25, 0.3) is 0 Å². The molecule has 3 heterocycles. The first-order chi connectivity index (χ1) is 16.7. The lowest BCUT2D eigenvalue weighted by Gasteiger charge is -2.41. The molecule has 0 aliphatic carbocycles. The lowest BCUT2D eigenvalue weighted by atomic mass is 9.77. The maximum atomic E-state index is 13.1. The Hall–Kier alpha value is -3.44. The molecule has 1 unspecified atom stereocenters. The molecule has 2 saturated heterocycles. The van der Waals surface area contributed by atoms with Crippen LogP contribution in [0.5, 0.6) is 5.75 Å². The molecule has 2 N–H and O–H groups in total. The monoisotopic (exact) mass is 498 g/mol. The molecule has 35 heavy (non-hydrogen) atoms. The van der Waals surface area contributed by atoms with E-state index in [2.05, 4.69) is 10.6 Å². The van der Waals surface area contributed by atoms with E-state index in [4.69, 9.17) is 4.74 Å². The van der Waals surface area contributed by atoms with Crippen LogP contribution in [0.3, 0.4) is 0 Å². The summed E-state index contributed by atoms with van der Waals surface area (Å²) >= 11 is 0. The average molecular weight is 499 g/mol. The number of carbonyl (C=O) groups excluding carboxylic acids is 3. The molecular weight excluding hydrogens is 472 g/mol. The van der Waals surface area contributed by atoms with Crippen LogP contribution >= 0.6 is 0 Å². The number of nitrogens with zero attached hydrogens (tertiary/aromatic N) is 2. The molecule has 3 aliphatic heterocycles. The number of amides is 4. The normalized spacial score (nSPS) is 23.2. The van der Waals surface area contributed by atoms with E-state index < -0.39 is 27.5 Å². The number of piperidine rings is 1. The molecule has 0 spiro atoms. The number of sulfonamides is 1. The van der Waals surface area contributed by atoms with Crippen molar-refractivity contribution in [3.8, 4) is 5.75 Å². The van der Waals surface area contributed by atoms with Crippen LogP contribution < -0.4 is 15.4 Å². The molecule has 184 valence electrons. The van der Waals surface area contributed by atoms with Crippen LogP contribution in [0.15, 0.2) is 53.4 Å². The summed E-state index contributed by atoms with van der Waals surface area (Å²) < 4.78 is 32.7. The minimum Gasteiger partial charge on any atom is -0.497 e. The number of ether oxygens (including phenoxy) is 1. The predicted octanol–water partition coefficient (Wildman–Crippen LogP) is 1.33.